The van der Waals surface area contributed by atoms with E-state index >= 15 is 0 Å². The molecule has 0 unspecified atom stereocenters. The molecule has 0 aliphatic carbocycles. The zero-order valence-electron chi connectivity index (χ0n) is 21.0. The summed E-state index contributed by atoms with van der Waals surface area (Å²) in [5.74, 6) is 0.00768. The maximum absolute atomic E-state index is 12.9. The van der Waals surface area contributed by atoms with Crippen LogP contribution in [0.25, 0.3) is 6.08 Å². The molecule has 3 aromatic rings. The second-order valence-electron chi connectivity index (χ2n) is 8.63. The maximum atomic E-state index is 12.9. The Hall–Kier alpha value is -4.59. The van der Waals surface area contributed by atoms with Crippen LogP contribution in [0.2, 0.25) is 0 Å². The second kappa shape index (κ2) is 11.4. The van der Waals surface area contributed by atoms with E-state index in [9.17, 15) is 14.4 Å². The van der Waals surface area contributed by atoms with Crippen molar-refractivity contribution in [2.24, 2.45) is 0 Å². The average Bonchev–Trinajstić information content (AvgIpc) is 3.15. The Morgan fingerprint density at radius 3 is 2.59 bits per heavy atom. The van der Waals surface area contributed by atoms with Crippen molar-refractivity contribution in [3.8, 4) is 11.5 Å². The average molecular weight is 500 g/mol. The van der Waals surface area contributed by atoms with Crippen LogP contribution in [0.4, 0.5) is 10.5 Å². The number of urea groups is 1. The van der Waals surface area contributed by atoms with E-state index in [-0.39, 0.29) is 5.70 Å². The van der Waals surface area contributed by atoms with Crippen LogP contribution in [0.15, 0.2) is 72.4 Å². The molecule has 0 spiro atoms. The SMILES string of the molecule is CCc1ccccc1NC(=O)CN1C(=O)N/C(=C/c2ccc(OCc3cccc(C)c3)c(OC)c2)C1=O. The lowest BCUT2D eigenvalue weighted by atomic mass is 10.1. The van der Waals surface area contributed by atoms with Crippen molar-refractivity contribution in [3.05, 3.63) is 94.7 Å². The number of rotatable bonds is 9. The number of nitrogens with one attached hydrogen (secondary N) is 2. The van der Waals surface area contributed by atoms with Crippen molar-refractivity contribution in [1.29, 1.82) is 0 Å². The highest BCUT2D eigenvalue weighted by Gasteiger charge is 2.35. The van der Waals surface area contributed by atoms with Gasteiger partial charge in [0.1, 0.15) is 18.8 Å². The molecule has 1 aliphatic heterocycles. The molecule has 2 N–H and O–H groups in total. The molecule has 1 heterocycles. The van der Waals surface area contributed by atoms with Gasteiger partial charge in [-0.05, 0) is 54.3 Å². The number of ether oxygens (including phenoxy) is 2. The first kappa shape index (κ1) is 25.5. The number of methoxy groups -OCH3 is 1. The van der Waals surface area contributed by atoms with Gasteiger partial charge in [-0.1, -0.05) is 61.0 Å². The number of carbonyl (C=O) groups is 3. The van der Waals surface area contributed by atoms with Crippen LogP contribution in [-0.2, 0) is 22.6 Å². The van der Waals surface area contributed by atoms with E-state index < -0.39 is 24.4 Å². The van der Waals surface area contributed by atoms with Gasteiger partial charge < -0.3 is 20.1 Å². The number of nitrogens with zero attached hydrogens (tertiary/aromatic N) is 1. The van der Waals surface area contributed by atoms with Crippen LogP contribution in [0, 0.1) is 6.92 Å². The van der Waals surface area contributed by atoms with E-state index in [0.717, 1.165) is 28.0 Å². The lowest BCUT2D eigenvalue weighted by Gasteiger charge is -2.13. The second-order valence-corrected chi connectivity index (χ2v) is 8.63. The topological polar surface area (TPSA) is 97.0 Å². The van der Waals surface area contributed by atoms with E-state index in [1.165, 1.54) is 13.2 Å². The molecule has 0 radical (unpaired) electrons. The standard InChI is InChI=1S/C29H29N3O5/c1-4-22-10-5-6-11-23(22)30-27(33)17-32-28(34)24(31-29(32)35)15-20-12-13-25(26(16-20)36-3)37-18-21-9-7-8-19(2)14-21/h5-16H,4,17-18H2,1-3H3,(H,30,33)(H,31,35)/b24-15+. The van der Waals surface area contributed by atoms with E-state index in [4.69, 9.17) is 9.47 Å². The minimum atomic E-state index is -0.653. The van der Waals surface area contributed by atoms with Crippen molar-refractivity contribution < 1.29 is 23.9 Å². The minimum Gasteiger partial charge on any atom is -0.493 e. The first-order valence-electron chi connectivity index (χ1n) is 12.0. The molecule has 3 aromatic carbocycles. The van der Waals surface area contributed by atoms with Crippen LogP contribution in [-0.4, -0.2) is 36.4 Å². The third-order valence-corrected chi connectivity index (χ3v) is 5.91. The molecule has 8 heteroatoms. The number of anilines is 1. The molecular formula is C29H29N3O5. The lowest BCUT2D eigenvalue weighted by molar-refractivity contribution is -0.127. The number of carbonyl (C=O) groups excluding carboxylic acids is 3. The van der Waals surface area contributed by atoms with Crippen molar-refractivity contribution in [2.75, 3.05) is 19.0 Å². The zero-order chi connectivity index (χ0) is 26.4. The molecule has 1 saturated heterocycles. The first-order chi connectivity index (χ1) is 17.9. The summed E-state index contributed by atoms with van der Waals surface area (Å²) in [4.78, 5) is 38.8. The Bertz CT molecular complexity index is 1370. The van der Waals surface area contributed by atoms with Gasteiger partial charge in [-0.3, -0.25) is 9.59 Å². The van der Waals surface area contributed by atoms with E-state index in [0.29, 0.717) is 29.4 Å². The molecule has 1 fully saturated rings. The summed E-state index contributed by atoms with van der Waals surface area (Å²) >= 11 is 0. The highest BCUT2D eigenvalue weighted by atomic mass is 16.5. The van der Waals surface area contributed by atoms with Crippen LogP contribution < -0.4 is 20.1 Å². The van der Waals surface area contributed by atoms with Crippen molar-refractivity contribution >= 4 is 29.6 Å². The van der Waals surface area contributed by atoms with Crippen molar-refractivity contribution in [3.63, 3.8) is 0 Å². The Morgan fingerprint density at radius 1 is 1.03 bits per heavy atom. The summed E-state index contributed by atoms with van der Waals surface area (Å²) in [5, 5.41) is 5.32. The van der Waals surface area contributed by atoms with E-state index in [1.807, 2.05) is 56.3 Å². The Morgan fingerprint density at radius 2 is 1.84 bits per heavy atom. The van der Waals surface area contributed by atoms with Crippen LogP contribution in [0.5, 0.6) is 11.5 Å². The smallest absolute Gasteiger partial charge is 0.329 e. The number of benzene rings is 3. The number of para-hydroxylation sites is 1. The fourth-order valence-electron chi connectivity index (χ4n) is 4.02. The van der Waals surface area contributed by atoms with Gasteiger partial charge in [-0.25, -0.2) is 9.69 Å². The van der Waals surface area contributed by atoms with Gasteiger partial charge in [0.05, 0.1) is 7.11 Å². The van der Waals surface area contributed by atoms with E-state index in [1.54, 1.807) is 24.3 Å². The Balaban J connectivity index is 1.43. The van der Waals surface area contributed by atoms with Gasteiger partial charge in [-0.2, -0.15) is 0 Å². The van der Waals surface area contributed by atoms with Gasteiger partial charge in [0.15, 0.2) is 11.5 Å². The largest absolute Gasteiger partial charge is 0.493 e. The molecule has 4 amide bonds. The molecule has 4 rings (SSSR count). The number of hydrogen-bond acceptors (Lipinski definition) is 5. The molecule has 8 nitrogen and oxygen atoms in total. The van der Waals surface area contributed by atoms with Gasteiger partial charge in [-0.15, -0.1) is 0 Å². The predicted octanol–water partition coefficient (Wildman–Crippen LogP) is 4.68. The highest BCUT2D eigenvalue weighted by Crippen LogP contribution is 2.30. The number of amides is 4. The highest BCUT2D eigenvalue weighted by molar-refractivity contribution is 6.16. The molecule has 0 atom stereocenters. The minimum absolute atomic E-state index is 0.0715. The first-order valence-corrected chi connectivity index (χ1v) is 12.0. The molecule has 0 aromatic heterocycles. The summed E-state index contributed by atoms with van der Waals surface area (Å²) in [6.07, 6.45) is 2.28. The summed E-state index contributed by atoms with van der Waals surface area (Å²) in [7, 11) is 1.53. The predicted molar refractivity (Wildman–Crippen MR) is 141 cm³/mol. The fraction of sp³-hybridized carbons (Fsp3) is 0.207. The summed E-state index contributed by atoms with van der Waals surface area (Å²) in [6.45, 7) is 3.99. The molecule has 0 saturated carbocycles. The molecule has 37 heavy (non-hydrogen) atoms. The number of hydrogen-bond donors (Lipinski definition) is 2. The van der Waals surface area contributed by atoms with Crippen molar-refractivity contribution in [2.45, 2.75) is 26.9 Å². The summed E-state index contributed by atoms with van der Waals surface area (Å²) in [5.41, 5.74) is 4.52. The van der Waals surface area contributed by atoms with Gasteiger partial charge in [0.2, 0.25) is 5.91 Å². The Kier molecular flexibility index (Phi) is 7.88. The Labute approximate surface area is 215 Å². The summed E-state index contributed by atoms with van der Waals surface area (Å²) in [6, 6.07) is 20.0. The molecule has 1 aliphatic rings. The van der Waals surface area contributed by atoms with Gasteiger partial charge in [0.25, 0.3) is 5.91 Å². The summed E-state index contributed by atoms with van der Waals surface area (Å²) < 4.78 is 11.4. The maximum Gasteiger partial charge on any atom is 0.329 e. The molecular weight excluding hydrogens is 470 g/mol. The van der Waals surface area contributed by atoms with Crippen LogP contribution in [0.1, 0.15) is 29.2 Å². The van der Waals surface area contributed by atoms with Crippen LogP contribution in [0.3, 0.4) is 0 Å². The lowest BCUT2D eigenvalue weighted by Crippen LogP contribution is -2.38. The molecule has 190 valence electrons. The monoisotopic (exact) mass is 499 g/mol. The number of aryl methyl sites for hydroxylation is 2. The van der Waals surface area contributed by atoms with Crippen LogP contribution >= 0.6 is 0 Å². The third kappa shape index (κ3) is 6.16. The van der Waals surface area contributed by atoms with Crippen molar-refractivity contribution in [1.82, 2.24) is 10.2 Å². The van der Waals surface area contributed by atoms with Gasteiger partial charge >= 0.3 is 6.03 Å². The quantitative estimate of drug-likeness (QED) is 0.329. The molecule has 0 bridgehead atoms. The van der Waals surface area contributed by atoms with Gasteiger partial charge in [0, 0.05) is 5.69 Å². The van der Waals surface area contributed by atoms with E-state index in [2.05, 4.69) is 10.6 Å². The fourth-order valence-corrected chi connectivity index (χ4v) is 4.02. The third-order valence-electron chi connectivity index (χ3n) is 5.91. The zero-order valence-corrected chi connectivity index (χ0v) is 21.0. The number of imide groups is 1. The normalized spacial score (nSPS) is 14.0.